The third-order valence-corrected chi connectivity index (χ3v) is 5.59. The Morgan fingerprint density at radius 1 is 1.07 bits per heavy atom. The lowest BCUT2D eigenvalue weighted by molar-refractivity contribution is -0.136. The molecule has 2 aromatic rings. The first-order chi connectivity index (χ1) is 14.1. The second-order valence-electron chi connectivity index (χ2n) is 7.58. The van der Waals surface area contributed by atoms with Crippen LogP contribution in [0.5, 0.6) is 0 Å². The van der Waals surface area contributed by atoms with Gasteiger partial charge in [0.25, 0.3) is 0 Å². The quantitative estimate of drug-likeness (QED) is 0.786. The Balaban J connectivity index is 1.64. The molecule has 2 aromatic carbocycles. The maximum absolute atomic E-state index is 13.0. The number of carbonyl (C=O) groups is 2. The molecular formula is C24H31N3O2. The molecule has 1 aliphatic rings. The summed E-state index contributed by atoms with van der Waals surface area (Å²) in [5, 5.41) is 3.40. The number of carbonyl (C=O) groups excluding carboxylic acids is 2. The summed E-state index contributed by atoms with van der Waals surface area (Å²) >= 11 is 0. The monoisotopic (exact) mass is 393 g/mol. The smallest absolute Gasteiger partial charge is 0.224 e. The summed E-state index contributed by atoms with van der Waals surface area (Å²) < 4.78 is 0. The van der Waals surface area contributed by atoms with E-state index in [1.54, 1.807) is 11.8 Å². The summed E-state index contributed by atoms with van der Waals surface area (Å²) in [6.45, 7) is 6.94. The number of rotatable bonds is 7. The van der Waals surface area contributed by atoms with Crippen LogP contribution in [0.15, 0.2) is 54.6 Å². The third kappa shape index (κ3) is 5.67. The molecule has 3 rings (SSSR count). The molecule has 1 fully saturated rings. The second-order valence-corrected chi connectivity index (χ2v) is 7.58. The van der Waals surface area contributed by atoms with Gasteiger partial charge in [-0.3, -0.25) is 9.59 Å². The van der Waals surface area contributed by atoms with Crippen LogP contribution in [0.25, 0.3) is 0 Å². The van der Waals surface area contributed by atoms with E-state index in [4.69, 9.17) is 0 Å². The zero-order valence-corrected chi connectivity index (χ0v) is 17.4. The summed E-state index contributed by atoms with van der Waals surface area (Å²) in [4.78, 5) is 28.8. The lowest BCUT2D eigenvalue weighted by atomic mass is 10.0. The van der Waals surface area contributed by atoms with Crippen molar-refractivity contribution in [3.05, 3.63) is 71.3 Å². The molecule has 2 amide bonds. The molecule has 1 heterocycles. The van der Waals surface area contributed by atoms with Gasteiger partial charge in [0.1, 0.15) is 0 Å². The van der Waals surface area contributed by atoms with Crippen molar-refractivity contribution in [3.63, 3.8) is 0 Å². The fourth-order valence-corrected chi connectivity index (χ4v) is 3.80. The molecule has 5 heteroatoms. The fourth-order valence-electron chi connectivity index (χ4n) is 3.80. The van der Waals surface area contributed by atoms with Crippen molar-refractivity contribution in [1.29, 1.82) is 0 Å². The topological polar surface area (TPSA) is 52.7 Å². The first-order valence-corrected chi connectivity index (χ1v) is 10.5. The van der Waals surface area contributed by atoms with Crippen molar-refractivity contribution in [2.24, 2.45) is 0 Å². The first kappa shape index (κ1) is 21.1. The van der Waals surface area contributed by atoms with Gasteiger partial charge < -0.3 is 15.1 Å². The zero-order valence-electron chi connectivity index (χ0n) is 17.4. The van der Waals surface area contributed by atoms with Gasteiger partial charge in [0.15, 0.2) is 0 Å². The normalized spacial score (nSPS) is 16.5. The molecule has 0 aromatic heterocycles. The van der Waals surface area contributed by atoms with Gasteiger partial charge in [0.05, 0.1) is 6.04 Å². The van der Waals surface area contributed by atoms with Crippen LogP contribution in [0.2, 0.25) is 0 Å². The van der Waals surface area contributed by atoms with Gasteiger partial charge >= 0.3 is 0 Å². The molecule has 1 aliphatic heterocycles. The van der Waals surface area contributed by atoms with Crippen molar-refractivity contribution in [2.45, 2.75) is 39.3 Å². The van der Waals surface area contributed by atoms with Gasteiger partial charge in [-0.25, -0.2) is 0 Å². The minimum Gasteiger partial charge on any atom is -0.338 e. The van der Waals surface area contributed by atoms with E-state index in [1.807, 2.05) is 35.2 Å². The predicted octanol–water partition coefficient (Wildman–Crippen LogP) is 3.16. The van der Waals surface area contributed by atoms with Gasteiger partial charge in [-0.15, -0.1) is 0 Å². The Morgan fingerprint density at radius 2 is 1.79 bits per heavy atom. The number of benzene rings is 2. The van der Waals surface area contributed by atoms with E-state index >= 15 is 0 Å². The van der Waals surface area contributed by atoms with E-state index in [1.165, 1.54) is 5.56 Å². The van der Waals surface area contributed by atoms with Crippen molar-refractivity contribution in [1.82, 2.24) is 15.1 Å². The van der Waals surface area contributed by atoms with Crippen molar-refractivity contribution in [2.75, 3.05) is 26.2 Å². The molecule has 29 heavy (non-hydrogen) atoms. The summed E-state index contributed by atoms with van der Waals surface area (Å²) in [7, 11) is 0. The molecule has 0 radical (unpaired) electrons. The number of nitrogens with zero attached hydrogens (tertiary/aromatic N) is 2. The number of hydrogen-bond acceptors (Lipinski definition) is 3. The minimum atomic E-state index is -0.00586. The lowest BCUT2D eigenvalue weighted by Crippen LogP contribution is -2.49. The molecule has 0 bridgehead atoms. The van der Waals surface area contributed by atoms with Crippen LogP contribution in [0.4, 0.5) is 0 Å². The molecule has 5 nitrogen and oxygen atoms in total. The zero-order chi connectivity index (χ0) is 20.6. The number of nitrogens with one attached hydrogen (secondary N) is 1. The Hall–Kier alpha value is -2.66. The van der Waals surface area contributed by atoms with Crippen molar-refractivity contribution in [3.8, 4) is 0 Å². The number of aryl methyl sites for hydroxylation is 1. The molecule has 0 aliphatic carbocycles. The van der Waals surface area contributed by atoms with Crippen LogP contribution < -0.4 is 5.32 Å². The molecule has 1 N–H and O–H groups in total. The van der Waals surface area contributed by atoms with Crippen LogP contribution in [0.1, 0.15) is 43.0 Å². The van der Waals surface area contributed by atoms with E-state index in [9.17, 15) is 9.59 Å². The van der Waals surface area contributed by atoms with Gasteiger partial charge in [0, 0.05) is 46.1 Å². The van der Waals surface area contributed by atoms with Crippen LogP contribution in [0, 0.1) is 0 Å². The van der Waals surface area contributed by atoms with Gasteiger partial charge in [-0.2, -0.15) is 0 Å². The Morgan fingerprint density at radius 3 is 2.45 bits per heavy atom. The lowest BCUT2D eigenvalue weighted by Gasteiger charge is -2.37. The average Bonchev–Trinajstić information content (AvgIpc) is 2.77. The molecule has 1 atom stereocenters. The Kier molecular flexibility index (Phi) is 7.42. The molecule has 1 saturated heterocycles. The number of hydrogen-bond donors (Lipinski definition) is 1. The highest BCUT2D eigenvalue weighted by Crippen LogP contribution is 2.24. The highest BCUT2D eigenvalue weighted by Gasteiger charge is 2.28. The maximum atomic E-state index is 13.0. The van der Waals surface area contributed by atoms with E-state index < -0.39 is 0 Å². The van der Waals surface area contributed by atoms with Crippen LogP contribution in [-0.4, -0.2) is 47.8 Å². The Labute approximate surface area is 173 Å². The summed E-state index contributed by atoms with van der Waals surface area (Å²) in [6, 6.07) is 18.5. The van der Waals surface area contributed by atoms with Crippen LogP contribution in [0.3, 0.4) is 0 Å². The molecule has 154 valence electrons. The summed E-state index contributed by atoms with van der Waals surface area (Å²) in [6.07, 6.45) is 1.35. The highest BCUT2D eigenvalue weighted by atomic mass is 16.2. The maximum Gasteiger partial charge on any atom is 0.224 e. The van der Waals surface area contributed by atoms with Gasteiger partial charge in [-0.05, 0) is 23.1 Å². The second kappa shape index (κ2) is 10.2. The molecule has 0 spiro atoms. The largest absolute Gasteiger partial charge is 0.338 e. The summed E-state index contributed by atoms with van der Waals surface area (Å²) in [5.41, 5.74) is 3.54. The summed E-state index contributed by atoms with van der Waals surface area (Å²) in [5.74, 6) is 0.101. The molecule has 1 unspecified atom stereocenters. The SMILES string of the molecule is CCc1ccc(C2CNCCN2C(=O)CCN(Cc2ccccc2)C(C)=O)cc1. The van der Waals surface area contributed by atoms with Crippen LogP contribution in [-0.2, 0) is 22.6 Å². The Bertz CT molecular complexity index is 805. The van der Waals surface area contributed by atoms with Crippen molar-refractivity contribution < 1.29 is 9.59 Å². The number of piperazine rings is 1. The number of amides is 2. The van der Waals surface area contributed by atoms with E-state index in [0.717, 1.165) is 30.6 Å². The predicted molar refractivity (Wildman–Crippen MR) is 115 cm³/mol. The standard InChI is InChI=1S/C24H31N3O2/c1-3-20-9-11-22(12-10-20)23-17-25-14-16-27(23)24(29)13-15-26(19(2)28)18-21-7-5-4-6-8-21/h4-12,23,25H,3,13-18H2,1-2H3. The van der Waals surface area contributed by atoms with Gasteiger partial charge in [0.2, 0.25) is 11.8 Å². The average molecular weight is 394 g/mol. The van der Waals surface area contributed by atoms with E-state index in [0.29, 0.717) is 26.1 Å². The van der Waals surface area contributed by atoms with Crippen molar-refractivity contribution >= 4 is 11.8 Å². The first-order valence-electron chi connectivity index (χ1n) is 10.5. The van der Waals surface area contributed by atoms with Gasteiger partial charge in [-0.1, -0.05) is 61.5 Å². The van der Waals surface area contributed by atoms with Crippen LogP contribution >= 0.6 is 0 Å². The van der Waals surface area contributed by atoms with E-state index in [-0.39, 0.29) is 17.9 Å². The fraction of sp³-hybridized carbons (Fsp3) is 0.417. The third-order valence-electron chi connectivity index (χ3n) is 5.59. The van der Waals surface area contributed by atoms with E-state index in [2.05, 4.69) is 36.5 Å². The highest BCUT2D eigenvalue weighted by molar-refractivity contribution is 5.78. The molecule has 0 saturated carbocycles. The minimum absolute atomic E-state index is 0.00586. The molecular weight excluding hydrogens is 362 g/mol.